The molecule has 0 saturated carbocycles. The van der Waals surface area contributed by atoms with Crippen LogP contribution >= 0.6 is 11.3 Å². The Morgan fingerprint density at radius 1 is 1.08 bits per heavy atom. The highest BCUT2D eigenvalue weighted by Crippen LogP contribution is 2.25. The van der Waals surface area contributed by atoms with Crippen LogP contribution in [0.2, 0.25) is 0 Å². The van der Waals surface area contributed by atoms with Crippen LogP contribution in [0.1, 0.15) is 35.0 Å². The van der Waals surface area contributed by atoms with Gasteiger partial charge in [0.05, 0.1) is 31.2 Å². The van der Waals surface area contributed by atoms with Crippen molar-refractivity contribution in [2.75, 3.05) is 20.8 Å². The first-order valence-corrected chi connectivity index (χ1v) is 13.8. The van der Waals surface area contributed by atoms with Crippen LogP contribution in [0.15, 0.2) is 57.7 Å². The molecule has 0 unspecified atom stereocenters. The molecule has 10 nitrogen and oxygen atoms in total. The molecule has 3 rings (SSSR count). The SMILES string of the molecule is COc1ccc(C(=O)N=c2scc(CNS(=O)(=O)c3ccc(C)cc3)n2CCCNC(C)=O)c(OC)c1. The Bertz CT molecular complexity index is 1430. The van der Waals surface area contributed by atoms with E-state index in [1.54, 1.807) is 52.4 Å². The fourth-order valence-electron chi connectivity index (χ4n) is 3.43. The lowest BCUT2D eigenvalue weighted by Gasteiger charge is -2.11. The van der Waals surface area contributed by atoms with Gasteiger partial charge in [-0.3, -0.25) is 9.59 Å². The highest BCUT2D eigenvalue weighted by Gasteiger charge is 2.17. The van der Waals surface area contributed by atoms with Gasteiger partial charge in [0.1, 0.15) is 11.5 Å². The number of carbonyl (C=O) groups is 2. The summed E-state index contributed by atoms with van der Waals surface area (Å²) in [5.41, 5.74) is 1.86. The summed E-state index contributed by atoms with van der Waals surface area (Å²) in [7, 11) is -0.768. The molecule has 0 atom stereocenters. The first-order chi connectivity index (χ1) is 17.6. The Morgan fingerprint density at radius 3 is 2.46 bits per heavy atom. The van der Waals surface area contributed by atoms with Gasteiger partial charge in [-0.05, 0) is 37.6 Å². The largest absolute Gasteiger partial charge is 0.497 e. The second-order valence-electron chi connectivity index (χ2n) is 8.12. The fourth-order valence-corrected chi connectivity index (χ4v) is 5.35. The van der Waals surface area contributed by atoms with Gasteiger partial charge in [0, 0.05) is 37.2 Å². The Labute approximate surface area is 220 Å². The lowest BCUT2D eigenvalue weighted by atomic mass is 10.2. The van der Waals surface area contributed by atoms with E-state index in [1.165, 1.54) is 32.5 Å². The maximum atomic E-state index is 13.0. The Balaban J connectivity index is 1.90. The van der Waals surface area contributed by atoms with Crippen LogP contribution in [0.25, 0.3) is 0 Å². The smallest absolute Gasteiger partial charge is 0.283 e. The number of aryl methyl sites for hydroxylation is 1. The number of nitrogens with one attached hydrogen (secondary N) is 2. The molecule has 198 valence electrons. The van der Waals surface area contributed by atoms with Crippen molar-refractivity contribution in [3.05, 3.63) is 69.5 Å². The molecule has 0 radical (unpaired) electrons. The summed E-state index contributed by atoms with van der Waals surface area (Å²) >= 11 is 1.22. The molecule has 0 aliphatic carbocycles. The van der Waals surface area contributed by atoms with E-state index in [0.717, 1.165) is 5.56 Å². The van der Waals surface area contributed by atoms with Gasteiger partial charge in [0.25, 0.3) is 5.91 Å². The third-order valence-electron chi connectivity index (χ3n) is 5.42. The van der Waals surface area contributed by atoms with E-state index in [0.29, 0.717) is 41.5 Å². The number of rotatable bonds is 11. The molecule has 0 saturated heterocycles. The fraction of sp³-hybridized carbons (Fsp3) is 0.320. The number of aromatic nitrogens is 1. The summed E-state index contributed by atoms with van der Waals surface area (Å²) in [6, 6.07) is 11.4. The van der Waals surface area contributed by atoms with Gasteiger partial charge < -0.3 is 19.4 Å². The minimum Gasteiger partial charge on any atom is -0.497 e. The second-order valence-corrected chi connectivity index (χ2v) is 10.7. The van der Waals surface area contributed by atoms with Crippen LogP contribution in [-0.4, -0.2) is 45.6 Å². The number of hydrogen-bond donors (Lipinski definition) is 2. The number of sulfonamides is 1. The van der Waals surface area contributed by atoms with Crippen LogP contribution in [0.5, 0.6) is 11.5 Å². The van der Waals surface area contributed by atoms with Crippen LogP contribution < -0.4 is 24.3 Å². The molecular weight excluding hydrogens is 516 g/mol. The molecule has 0 aliphatic rings. The molecule has 2 N–H and O–H groups in total. The Hall–Kier alpha value is -3.48. The summed E-state index contributed by atoms with van der Waals surface area (Å²) in [5, 5.41) is 4.49. The normalized spacial score (nSPS) is 11.8. The molecule has 0 spiro atoms. The number of carbonyl (C=O) groups excluding carboxylic acids is 2. The van der Waals surface area contributed by atoms with Crippen molar-refractivity contribution in [1.82, 2.24) is 14.6 Å². The molecule has 0 aliphatic heterocycles. The maximum Gasteiger partial charge on any atom is 0.283 e. The van der Waals surface area contributed by atoms with Gasteiger partial charge in [-0.25, -0.2) is 13.1 Å². The zero-order valence-corrected chi connectivity index (χ0v) is 22.7. The van der Waals surface area contributed by atoms with Crippen molar-refractivity contribution in [2.45, 2.75) is 38.3 Å². The van der Waals surface area contributed by atoms with E-state index in [1.807, 2.05) is 6.92 Å². The summed E-state index contributed by atoms with van der Waals surface area (Å²) in [6.07, 6.45) is 0.557. The van der Waals surface area contributed by atoms with E-state index >= 15 is 0 Å². The van der Waals surface area contributed by atoms with E-state index in [9.17, 15) is 18.0 Å². The lowest BCUT2D eigenvalue weighted by Crippen LogP contribution is -2.28. The minimum absolute atomic E-state index is 0.00239. The average molecular weight is 547 g/mol. The predicted molar refractivity (Wildman–Crippen MR) is 140 cm³/mol. The third-order valence-corrected chi connectivity index (χ3v) is 7.75. The quantitative estimate of drug-likeness (QED) is 0.356. The first kappa shape index (κ1) is 28.1. The van der Waals surface area contributed by atoms with Gasteiger partial charge in [-0.2, -0.15) is 4.99 Å². The van der Waals surface area contributed by atoms with Gasteiger partial charge in [-0.15, -0.1) is 11.3 Å². The Morgan fingerprint density at radius 2 is 1.81 bits per heavy atom. The molecule has 2 aromatic carbocycles. The van der Waals surface area contributed by atoms with Crippen molar-refractivity contribution in [3.63, 3.8) is 0 Å². The number of methoxy groups -OCH3 is 2. The van der Waals surface area contributed by atoms with Crippen LogP contribution in [-0.2, 0) is 27.9 Å². The van der Waals surface area contributed by atoms with Gasteiger partial charge in [-0.1, -0.05) is 17.7 Å². The molecule has 0 fully saturated rings. The highest BCUT2D eigenvalue weighted by molar-refractivity contribution is 7.89. The molecule has 2 amide bonds. The molecule has 3 aromatic rings. The summed E-state index contributed by atoms with van der Waals surface area (Å²) in [6.45, 7) is 4.16. The average Bonchev–Trinajstić information content (AvgIpc) is 3.26. The van der Waals surface area contributed by atoms with E-state index < -0.39 is 15.9 Å². The molecular formula is C25H30N4O6S2. The second kappa shape index (κ2) is 12.7. The summed E-state index contributed by atoms with van der Waals surface area (Å²) < 4.78 is 40.5. The molecule has 37 heavy (non-hydrogen) atoms. The Kier molecular flexibility index (Phi) is 9.61. The number of nitrogens with zero attached hydrogens (tertiary/aromatic N) is 2. The van der Waals surface area contributed by atoms with E-state index in [4.69, 9.17) is 9.47 Å². The van der Waals surface area contributed by atoms with Gasteiger partial charge in [0.15, 0.2) is 4.80 Å². The van der Waals surface area contributed by atoms with Crippen LogP contribution in [0, 0.1) is 6.92 Å². The minimum atomic E-state index is -3.74. The first-order valence-electron chi connectivity index (χ1n) is 11.4. The van der Waals surface area contributed by atoms with Crippen molar-refractivity contribution in [3.8, 4) is 11.5 Å². The standard InChI is InChI=1S/C25H30N4O6S2/c1-17-6-9-21(10-7-17)37(32,33)27-15-19-16-36-25(29(19)13-5-12-26-18(2)30)28-24(31)22-11-8-20(34-3)14-23(22)35-4/h6-11,14,16,27H,5,12-13,15H2,1-4H3,(H,26,30). The van der Waals surface area contributed by atoms with Crippen molar-refractivity contribution in [2.24, 2.45) is 4.99 Å². The third kappa shape index (κ3) is 7.51. The lowest BCUT2D eigenvalue weighted by molar-refractivity contribution is -0.118. The van der Waals surface area contributed by atoms with E-state index in [2.05, 4.69) is 15.0 Å². The van der Waals surface area contributed by atoms with Crippen LogP contribution in [0.4, 0.5) is 0 Å². The van der Waals surface area contributed by atoms with Gasteiger partial charge >= 0.3 is 0 Å². The van der Waals surface area contributed by atoms with Crippen molar-refractivity contribution in [1.29, 1.82) is 0 Å². The molecule has 1 aromatic heterocycles. The molecule has 1 heterocycles. The van der Waals surface area contributed by atoms with Crippen molar-refractivity contribution >= 4 is 33.2 Å². The van der Waals surface area contributed by atoms with Crippen LogP contribution in [0.3, 0.4) is 0 Å². The number of benzene rings is 2. The number of amides is 2. The molecule has 12 heteroatoms. The number of ether oxygens (including phenoxy) is 2. The van der Waals surface area contributed by atoms with Crippen molar-refractivity contribution < 1.29 is 27.5 Å². The zero-order valence-electron chi connectivity index (χ0n) is 21.1. The van der Waals surface area contributed by atoms with Gasteiger partial charge in [0.2, 0.25) is 15.9 Å². The predicted octanol–water partition coefficient (Wildman–Crippen LogP) is 2.62. The maximum absolute atomic E-state index is 13.0. The highest BCUT2D eigenvalue weighted by atomic mass is 32.2. The molecule has 0 bridgehead atoms. The number of thiazole rings is 1. The zero-order chi connectivity index (χ0) is 27.0. The monoisotopic (exact) mass is 546 g/mol. The summed E-state index contributed by atoms with van der Waals surface area (Å²) in [4.78, 5) is 29.1. The van der Waals surface area contributed by atoms with E-state index in [-0.39, 0.29) is 22.9 Å². The number of hydrogen-bond acceptors (Lipinski definition) is 7. The topological polar surface area (TPSA) is 128 Å². The summed E-state index contributed by atoms with van der Waals surface area (Å²) in [5.74, 6) is 0.213.